The number of amides is 1. The van der Waals surface area contributed by atoms with Gasteiger partial charge in [0.05, 0.1) is 13.2 Å². The maximum Gasteiger partial charge on any atom is 0.246 e. The Kier molecular flexibility index (Phi) is 9.98. The van der Waals surface area contributed by atoms with Gasteiger partial charge in [-0.25, -0.2) is 0 Å². The van der Waals surface area contributed by atoms with E-state index in [2.05, 4.69) is 24.0 Å². The molecule has 0 saturated heterocycles. The Balaban J connectivity index is 0.00000484. The molecule has 0 aliphatic rings. The van der Waals surface area contributed by atoms with E-state index >= 15 is 0 Å². The van der Waals surface area contributed by atoms with E-state index in [1.165, 1.54) is 12.0 Å². The van der Waals surface area contributed by atoms with Gasteiger partial charge >= 0.3 is 0 Å². The molecular formula is C14H27ClN4O4. The number of hydrogen-bond donors (Lipinski definition) is 1. The molecule has 0 saturated carbocycles. The molecule has 1 aromatic rings. The Bertz CT molecular complexity index is 469. The number of aromatic nitrogens is 2. The van der Waals surface area contributed by atoms with Gasteiger partial charge in [0, 0.05) is 20.8 Å². The summed E-state index contributed by atoms with van der Waals surface area (Å²) < 4.78 is 15.6. The minimum absolute atomic E-state index is 0. The third-order valence-corrected chi connectivity index (χ3v) is 2.94. The summed E-state index contributed by atoms with van der Waals surface area (Å²) in [7, 11) is 3.12. The van der Waals surface area contributed by atoms with E-state index in [1.807, 2.05) is 6.92 Å². The molecular weight excluding hydrogens is 324 g/mol. The largest absolute Gasteiger partial charge is 0.383 e. The molecule has 9 heteroatoms. The van der Waals surface area contributed by atoms with Crippen molar-refractivity contribution in [3.8, 4) is 0 Å². The Hall–Kier alpha value is -1.22. The van der Waals surface area contributed by atoms with Crippen molar-refractivity contribution in [2.75, 3.05) is 27.4 Å². The molecule has 2 atom stereocenters. The molecule has 1 amide bonds. The van der Waals surface area contributed by atoms with Crippen LogP contribution in [0.5, 0.6) is 0 Å². The second-order valence-corrected chi connectivity index (χ2v) is 5.67. The number of nitrogens with two attached hydrogens (primary N) is 1. The molecule has 1 rings (SSSR count). The predicted molar refractivity (Wildman–Crippen MR) is 87.1 cm³/mol. The lowest BCUT2D eigenvalue weighted by Gasteiger charge is -2.18. The number of methoxy groups -OCH3 is 1. The van der Waals surface area contributed by atoms with E-state index in [0.29, 0.717) is 24.2 Å². The third kappa shape index (κ3) is 7.26. The van der Waals surface area contributed by atoms with Gasteiger partial charge in [-0.2, -0.15) is 4.98 Å². The quantitative estimate of drug-likeness (QED) is 0.712. The number of rotatable bonds is 9. The number of halogens is 1. The number of carbonyl (C=O) groups is 1. The lowest BCUT2D eigenvalue weighted by atomic mass is 10.2. The van der Waals surface area contributed by atoms with Crippen molar-refractivity contribution < 1.29 is 18.8 Å². The van der Waals surface area contributed by atoms with Crippen LogP contribution in [0.2, 0.25) is 0 Å². The molecule has 134 valence electrons. The first-order valence-electron chi connectivity index (χ1n) is 7.28. The molecule has 0 spiro atoms. The summed E-state index contributed by atoms with van der Waals surface area (Å²) in [6.45, 7) is 6.98. The molecule has 0 aromatic carbocycles. The van der Waals surface area contributed by atoms with E-state index in [9.17, 15) is 4.79 Å². The summed E-state index contributed by atoms with van der Waals surface area (Å²) in [6, 6.07) is -0.703. The molecule has 2 N–H and O–H groups in total. The van der Waals surface area contributed by atoms with Gasteiger partial charge in [0.1, 0.15) is 12.1 Å². The predicted octanol–water partition coefficient (Wildman–Crippen LogP) is 1.16. The van der Waals surface area contributed by atoms with E-state index in [4.69, 9.17) is 19.7 Å². The average Bonchev–Trinajstić information content (AvgIpc) is 2.92. The molecule has 0 bridgehead atoms. The van der Waals surface area contributed by atoms with Crippen molar-refractivity contribution in [2.24, 2.45) is 11.7 Å². The van der Waals surface area contributed by atoms with E-state index in [1.54, 1.807) is 7.05 Å². The van der Waals surface area contributed by atoms with Gasteiger partial charge in [0.15, 0.2) is 5.82 Å². The van der Waals surface area contributed by atoms with Gasteiger partial charge < -0.3 is 24.6 Å². The van der Waals surface area contributed by atoms with Crippen molar-refractivity contribution >= 4 is 18.3 Å². The van der Waals surface area contributed by atoms with Crippen LogP contribution in [0.15, 0.2) is 4.52 Å². The van der Waals surface area contributed by atoms with Gasteiger partial charge in [0.25, 0.3) is 0 Å². The number of likely N-dealkylation sites (N-methyl/N-ethyl adjacent to an activating group) is 1. The van der Waals surface area contributed by atoms with Crippen molar-refractivity contribution in [2.45, 2.75) is 39.5 Å². The van der Waals surface area contributed by atoms with Gasteiger partial charge in [-0.05, 0) is 12.8 Å². The maximum absolute atomic E-state index is 12.0. The molecule has 0 radical (unpaired) electrons. The second kappa shape index (κ2) is 10.5. The highest BCUT2D eigenvalue weighted by Crippen LogP contribution is 2.15. The molecule has 1 aromatic heterocycles. The number of hydrogen-bond acceptors (Lipinski definition) is 7. The van der Waals surface area contributed by atoms with Gasteiger partial charge in [-0.15, -0.1) is 12.4 Å². The lowest BCUT2D eigenvalue weighted by Crippen LogP contribution is -2.44. The number of ether oxygens (including phenoxy) is 2. The smallest absolute Gasteiger partial charge is 0.246 e. The summed E-state index contributed by atoms with van der Waals surface area (Å²) in [5, 5.41) is 3.88. The fourth-order valence-electron chi connectivity index (χ4n) is 1.72. The van der Waals surface area contributed by atoms with E-state index < -0.39 is 6.04 Å². The zero-order valence-electron chi connectivity index (χ0n) is 14.3. The maximum atomic E-state index is 12.0. The normalized spacial score (nSPS) is 13.5. The summed E-state index contributed by atoms with van der Waals surface area (Å²) in [4.78, 5) is 17.6. The van der Waals surface area contributed by atoms with Crippen LogP contribution in [-0.4, -0.2) is 54.4 Å². The monoisotopic (exact) mass is 350 g/mol. The molecule has 0 aliphatic heterocycles. The second-order valence-electron chi connectivity index (χ2n) is 5.67. The fourth-order valence-corrected chi connectivity index (χ4v) is 1.72. The Morgan fingerprint density at radius 3 is 2.57 bits per heavy atom. The van der Waals surface area contributed by atoms with Crippen molar-refractivity contribution in [1.82, 2.24) is 15.0 Å². The minimum atomic E-state index is -0.703. The van der Waals surface area contributed by atoms with Crippen LogP contribution in [0.4, 0.5) is 0 Å². The number of nitrogens with zero attached hydrogens (tertiary/aromatic N) is 3. The van der Waals surface area contributed by atoms with Crippen molar-refractivity contribution in [3.05, 3.63) is 11.7 Å². The van der Waals surface area contributed by atoms with Gasteiger partial charge in [-0.1, -0.05) is 19.0 Å². The molecule has 23 heavy (non-hydrogen) atoms. The number of carbonyl (C=O) groups excluding carboxylic acids is 1. The Labute approximate surface area is 143 Å². The van der Waals surface area contributed by atoms with Gasteiger partial charge in [-0.3, -0.25) is 4.79 Å². The summed E-state index contributed by atoms with van der Waals surface area (Å²) in [5.41, 5.74) is 5.70. The van der Waals surface area contributed by atoms with Crippen LogP contribution in [-0.2, 0) is 20.8 Å². The van der Waals surface area contributed by atoms with Crippen LogP contribution >= 0.6 is 12.4 Å². The molecule has 8 nitrogen and oxygen atoms in total. The first-order valence-corrected chi connectivity index (χ1v) is 7.28. The van der Waals surface area contributed by atoms with Crippen LogP contribution in [0.1, 0.15) is 38.6 Å². The van der Waals surface area contributed by atoms with E-state index in [-0.39, 0.29) is 37.6 Å². The molecule has 2 unspecified atom stereocenters. The zero-order valence-corrected chi connectivity index (χ0v) is 15.1. The summed E-state index contributed by atoms with van der Waals surface area (Å²) in [6.07, 6.45) is -0.253. The van der Waals surface area contributed by atoms with Crippen molar-refractivity contribution in [1.29, 1.82) is 0 Å². The SMILES string of the molecule is COCC(N)C(=O)N(C)Cc1nc(C(C)OCC(C)C)no1.Cl. The first kappa shape index (κ1) is 21.8. The Morgan fingerprint density at radius 1 is 1.35 bits per heavy atom. The van der Waals surface area contributed by atoms with Crippen molar-refractivity contribution in [3.63, 3.8) is 0 Å². The molecule has 0 aliphatic carbocycles. The topological polar surface area (TPSA) is 104 Å². The zero-order chi connectivity index (χ0) is 16.7. The Morgan fingerprint density at radius 2 is 2.00 bits per heavy atom. The summed E-state index contributed by atoms with van der Waals surface area (Å²) >= 11 is 0. The van der Waals surface area contributed by atoms with Gasteiger partial charge in [0.2, 0.25) is 11.8 Å². The van der Waals surface area contributed by atoms with E-state index in [0.717, 1.165) is 0 Å². The highest BCUT2D eigenvalue weighted by Gasteiger charge is 2.21. The van der Waals surface area contributed by atoms with Crippen LogP contribution in [0, 0.1) is 5.92 Å². The molecule has 1 heterocycles. The fraction of sp³-hybridized carbons (Fsp3) is 0.786. The average molecular weight is 351 g/mol. The molecule has 0 fully saturated rings. The first-order chi connectivity index (χ1) is 10.3. The minimum Gasteiger partial charge on any atom is -0.383 e. The van der Waals surface area contributed by atoms with Crippen LogP contribution in [0.25, 0.3) is 0 Å². The third-order valence-electron chi connectivity index (χ3n) is 2.94. The lowest BCUT2D eigenvalue weighted by molar-refractivity contribution is -0.133. The van der Waals surface area contributed by atoms with Crippen LogP contribution in [0.3, 0.4) is 0 Å². The standard InChI is InChI=1S/C14H26N4O4.ClH/c1-9(2)7-21-10(3)13-16-12(22-17-13)6-18(4)14(19)11(15)8-20-5;/h9-11H,6-8,15H2,1-5H3;1H. The summed E-state index contributed by atoms with van der Waals surface area (Å²) in [5.74, 6) is 0.999. The highest BCUT2D eigenvalue weighted by molar-refractivity contribution is 5.85. The highest BCUT2D eigenvalue weighted by atomic mass is 35.5. The van der Waals surface area contributed by atoms with Crippen LogP contribution < -0.4 is 5.73 Å².